The Labute approximate surface area is 185 Å². The van der Waals surface area contributed by atoms with Gasteiger partial charge in [-0.2, -0.15) is 0 Å². The zero-order chi connectivity index (χ0) is 22.7. The number of pyridine rings is 1. The number of imidazole rings is 1. The molecule has 1 amide bonds. The lowest BCUT2D eigenvalue weighted by atomic mass is 10.2. The van der Waals surface area contributed by atoms with Crippen LogP contribution < -0.4 is 14.8 Å². The number of carbonyl (C=O) groups is 1. The van der Waals surface area contributed by atoms with E-state index in [1.54, 1.807) is 59.4 Å². The molecule has 32 heavy (non-hydrogen) atoms. The molecule has 2 heterocycles. The Bertz CT molecular complexity index is 1380. The van der Waals surface area contributed by atoms with Crippen molar-refractivity contribution in [1.29, 1.82) is 0 Å². The zero-order valence-corrected chi connectivity index (χ0v) is 18.3. The number of rotatable bonds is 7. The van der Waals surface area contributed by atoms with Crippen LogP contribution in [0, 0.1) is 0 Å². The summed E-state index contributed by atoms with van der Waals surface area (Å²) in [5.41, 5.74) is 2.02. The van der Waals surface area contributed by atoms with Crippen molar-refractivity contribution in [1.82, 2.24) is 14.7 Å². The summed E-state index contributed by atoms with van der Waals surface area (Å²) < 4.78 is 38.5. The quantitative estimate of drug-likeness (QED) is 0.464. The maximum atomic E-state index is 13.1. The van der Waals surface area contributed by atoms with E-state index < -0.39 is 9.84 Å². The molecule has 164 valence electrons. The summed E-state index contributed by atoms with van der Waals surface area (Å²) in [6.45, 7) is 0.254. The van der Waals surface area contributed by atoms with Gasteiger partial charge in [0, 0.05) is 25.1 Å². The van der Waals surface area contributed by atoms with Crippen molar-refractivity contribution < 1.29 is 22.7 Å². The SMILES string of the molecule is COc1cccc(S(=O)(=O)c2ccc(CNC(=O)c3ccc4nccn4c3)cc2)c1OC. The summed E-state index contributed by atoms with van der Waals surface area (Å²) >= 11 is 0. The highest BCUT2D eigenvalue weighted by molar-refractivity contribution is 7.91. The molecule has 9 heteroatoms. The fourth-order valence-corrected chi connectivity index (χ4v) is 4.76. The van der Waals surface area contributed by atoms with Gasteiger partial charge in [-0.05, 0) is 42.0 Å². The van der Waals surface area contributed by atoms with E-state index in [9.17, 15) is 13.2 Å². The summed E-state index contributed by atoms with van der Waals surface area (Å²) in [6, 6.07) is 14.5. The molecular formula is C23H21N3O5S. The fourth-order valence-electron chi connectivity index (χ4n) is 3.32. The largest absolute Gasteiger partial charge is 0.493 e. The molecule has 0 aliphatic heterocycles. The Hall–Kier alpha value is -3.85. The summed E-state index contributed by atoms with van der Waals surface area (Å²) in [7, 11) is -0.976. The highest BCUT2D eigenvalue weighted by atomic mass is 32.2. The van der Waals surface area contributed by atoms with Gasteiger partial charge < -0.3 is 19.2 Å². The molecule has 0 fully saturated rings. The average molecular weight is 452 g/mol. The molecule has 4 aromatic rings. The van der Waals surface area contributed by atoms with Crippen LogP contribution in [0.25, 0.3) is 5.65 Å². The van der Waals surface area contributed by atoms with E-state index >= 15 is 0 Å². The second kappa shape index (κ2) is 8.72. The van der Waals surface area contributed by atoms with Gasteiger partial charge in [-0.15, -0.1) is 0 Å². The van der Waals surface area contributed by atoms with Crippen molar-refractivity contribution in [2.75, 3.05) is 14.2 Å². The summed E-state index contributed by atoms with van der Waals surface area (Å²) in [5.74, 6) is 0.251. The van der Waals surface area contributed by atoms with Crippen LogP contribution in [0.2, 0.25) is 0 Å². The molecular weight excluding hydrogens is 430 g/mol. The zero-order valence-electron chi connectivity index (χ0n) is 17.5. The van der Waals surface area contributed by atoms with Gasteiger partial charge in [-0.25, -0.2) is 13.4 Å². The van der Waals surface area contributed by atoms with Crippen molar-refractivity contribution in [3.63, 3.8) is 0 Å². The number of nitrogens with one attached hydrogen (secondary N) is 1. The highest BCUT2D eigenvalue weighted by Crippen LogP contribution is 2.36. The van der Waals surface area contributed by atoms with E-state index in [1.807, 2.05) is 0 Å². The topological polar surface area (TPSA) is 99.0 Å². The lowest BCUT2D eigenvalue weighted by Gasteiger charge is -2.13. The first-order valence-corrected chi connectivity index (χ1v) is 11.2. The molecule has 0 aliphatic rings. The third-order valence-corrected chi connectivity index (χ3v) is 6.79. The Kier molecular flexibility index (Phi) is 5.83. The molecule has 0 saturated heterocycles. The van der Waals surface area contributed by atoms with Crippen molar-refractivity contribution in [3.05, 3.63) is 84.3 Å². The van der Waals surface area contributed by atoms with Gasteiger partial charge in [-0.3, -0.25) is 4.79 Å². The summed E-state index contributed by atoms with van der Waals surface area (Å²) in [6.07, 6.45) is 5.13. The second-order valence-electron chi connectivity index (χ2n) is 6.93. The number of amides is 1. The van der Waals surface area contributed by atoms with Crippen LogP contribution in [0.1, 0.15) is 15.9 Å². The van der Waals surface area contributed by atoms with E-state index in [0.29, 0.717) is 11.3 Å². The van der Waals surface area contributed by atoms with Crippen LogP contribution in [-0.2, 0) is 16.4 Å². The molecule has 0 saturated carbocycles. The predicted octanol–water partition coefficient (Wildman–Crippen LogP) is 3.11. The molecule has 0 bridgehead atoms. The number of hydrogen-bond donors (Lipinski definition) is 1. The van der Waals surface area contributed by atoms with Gasteiger partial charge in [0.15, 0.2) is 11.5 Å². The Balaban J connectivity index is 1.50. The number of benzene rings is 2. The Morgan fingerprint density at radius 1 is 1.03 bits per heavy atom. The predicted molar refractivity (Wildman–Crippen MR) is 118 cm³/mol. The van der Waals surface area contributed by atoms with Gasteiger partial charge in [0.25, 0.3) is 5.91 Å². The number of para-hydroxylation sites is 1. The number of aromatic nitrogens is 2. The molecule has 2 aromatic heterocycles. The molecule has 8 nitrogen and oxygen atoms in total. The standard InChI is InChI=1S/C23H21N3O5S/c1-30-19-4-3-5-20(22(19)31-2)32(28,29)18-9-6-16(7-10-18)14-25-23(27)17-8-11-21-24-12-13-26(21)15-17/h3-13,15H,14H2,1-2H3,(H,25,27). The first-order chi connectivity index (χ1) is 15.4. The minimum Gasteiger partial charge on any atom is -0.493 e. The molecule has 0 unspecified atom stereocenters. The number of hydrogen-bond acceptors (Lipinski definition) is 6. The van der Waals surface area contributed by atoms with Crippen molar-refractivity contribution in [2.24, 2.45) is 0 Å². The summed E-state index contributed by atoms with van der Waals surface area (Å²) in [4.78, 5) is 16.7. The van der Waals surface area contributed by atoms with Crippen LogP contribution in [-0.4, -0.2) is 37.9 Å². The van der Waals surface area contributed by atoms with Gasteiger partial charge in [0.2, 0.25) is 9.84 Å². The number of ether oxygens (including phenoxy) is 2. The summed E-state index contributed by atoms with van der Waals surface area (Å²) in [5, 5.41) is 2.84. The van der Waals surface area contributed by atoms with Crippen LogP contribution in [0.5, 0.6) is 11.5 Å². The Morgan fingerprint density at radius 2 is 1.81 bits per heavy atom. The van der Waals surface area contributed by atoms with Crippen molar-refractivity contribution in [3.8, 4) is 11.5 Å². The van der Waals surface area contributed by atoms with Gasteiger partial charge >= 0.3 is 0 Å². The lowest BCUT2D eigenvalue weighted by molar-refractivity contribution is 0.0950. The van der Waals surface area contributed by atoms with Crippen molar-refractivity contribution >= 4 is 21.4 Å². The third-order valence-electron chi connectivity index (χ3n) is 4.99. The normalized spacial score (nSPS) is 11.3. The third kappa shape index (κ3) is 4.02. The minimum absolute atomic E-state index is 0.0234. The van der Waals surface area contributed by atoms with Crippen LogP contribution in [0.3, 0.4) is 0 Å². The van der Waals surface area contributed by atoms with E-state index in [4.69, 9.17) is 9.47 Å². The molecule has 0 atom stereocenters. The first-order valence-electron chi connectivity index (χ1n) is 9.70. The minimum atomic E-state index is -3.82. The fraction of sp³-hybridized carbons (Fsp3) is 0.130. The molecule has 0 aliphatic carbocycles. The molecule has 4 rings (SSSR count). The van der Waals surface area contributed by atoms with E-state index in [0.717, 1.165) is 11.2 Å². The number of sulfone groups is 1. The maximum Gasteiger partial charge on any atom is 0.253 e. The Morgan fingerprint density at radius 3 is 2.53 bits per heavy atom. The number of methoxy groups -OCH3 is 2. The van der Waals surface area contributed by atoms with E-state index in [2.05, 4.69) is 10.3 Å². The van der Waals surface area contributed by atoms with Crippen LogP contribution >= 0.6 is 0 Å². The lowest BCUT2D eigenvalue weighted by Crippen LogP contribution is -2.23. The van der Waals surface area contributed by atoms with Crippen LogP contribution in [0.15, 0.2) is 83.0 Å². The van der Waals surface area contributed by atoms with E-state index in [-0.39, 0.29) is 28.0 Å². The number of carbonyl (C=O) groups excluding carboxylic acids is 1. The van der Waals surface area contributed by atoms with Gasteiger partial charge in [-0.1, -0.05) is 18.2 Å². The number of nitrogens with zero attached hydrogens (tertiary/aromatic N) is 2. The average Bonchev–Trinajstić information content (AvgIpc) is 3.30. The van der Waals surface area contributed by atoms with Crippen molar-refractivity contribution in [2.45, 2.75) is 16.3 Å². The second-order valence-corrected chi connectivity index (χ2v) is 8.85. The monoisotopic (exact) mass is 451 g/mol. The number of fused-ring (bicyclic) bond motifs is 1. The smallest absolute Gasteiger partial charge is 0.253 e. The van der Waals surface area contributed by atoms with Gasteiger partial charge in [0.05, 0.1) is 24.7 Å². The molecule has 2 aromatic carbocycles. The molecule has 0 spiro atoms. The molecule has 0 radical (unpaired) electrons. The molecule has 1 N–H and O–H groups in total. The maximum absolute atomic E-state index is 13.1. The first kappa shape index (κ1) is 21.4. The van der Waals surface area contributed by atoms with Crippen LogP contribution in [0.4, 0.5) is 0 Å². The van der Waals surface area contributed by atoms with Gasteiger partial charge in [0.1, 0.15) is 10.5 Å². The highest BCUT2D eigenvalue weighted by Gasteiger charge is 2.24. The van der Waals surface area contributed by atoms with E-state index in [1.165, 1.54) is 32.4 Å².